The molecule has 19 heavy (non-hydrogen) atoms. The first-order chi connectivity index (χ1) is 8.88. The van der Waals surface area contributed by atoms with Crippen LogP contribution in [0.1, 0.15) is 24.5 Å². The van der Waals surface area contributed by atoms with Crippen molar-refractivity contribution in [2.45, 2.75) is 32.1 Å². The number of carbonyl (C=O) groups excluding carboxylic acids is 1. The summed E-state index contributed by atoms with van der Waals surface area (Å²) >= 11 is 0. The van der Waals surface area contributed by atoms with Crippen LogP contribution in [0.3, 0.4) is 0 Å². The van der Waals surface area contributed by atoms with Gasteiger partial charge in [-0.1, -0.05) is 19.1 Å². The monoisotopic (exact) mass is 275 g/mol. The van der Waals surface area contributed by atoms with Gasteiger partial charge in [0.25, 0.3) is 0 Å². The number of carbonyl (C=O) groups is 1. The lowest BCUT2D eigenvalue weighted by molar-refractivity contribution is -0.143. The molecule has 6 heteroatoms. The molecule has 1 aromatic rings. The SMILES string of the molecule is CCC(NCc1ccc(C(F)(F)F)cc1)C(=O)OC. The lowest BCUT2D eigenvalue weighted by atomic mass is 10.1. The summed E-state index contributed by atoms with van der Waals surface area (Å²) in [5.41, 5.74) is -0.00777. The van der Waals surface area contributed by atoms with E-state index in [1.165, 1.54) is 19.2 Å². The van der Waals surface area contributed by atoms with E-state index in [1.807, 2.05) is 6.92 Å². The molecule has 3 nitrogen and oxygen atoms in total. The normalized spacial score (nSPS) is 13.1. The average molecular weight is 275 g/mol. The van der Waals surface area contributed by atoms with Crippen LogP contribution in [-0.2, 0) is 22.3 Å². The molecular weight excluding hydrogens is 259 g/mol. The number of benzene rings is 1. The maximum atomic E-state index is 12.4. The van der Waals surface area contributed by atoms with Gasteiger partial charge >= 0.3 is 12.1 Å². The summed E-state index contributed by atoms with van der Waals surface area (Å²) in [5.74, 6) is -0.380. The van der Waals surface area contributed by atoms with Gasteiger partial charge in [-0.3, -0.25) is 4.79 Å². The average Bonchev–Trinajstić information content (AvgIpc) is 2.38. The van der Waals surface area contributed by atoms with Gasteiger partial charge in [0.05, 0.1) is 12.7 Å². The van der Waals surface area contributed by atoms with Gasteiger partial charge in [-0.15, -0.1) is 0 Å². The van der Waals surface area contributed by atoms with Crippen LogP contribution in [0.4, 0.5) is 13.2 Å². The molecule has 0 spiro atoms. The van der Waals surface area contributed by atoms with Crippen molar-refractivity contribution in [1.82, 2.24) is 5.32 Å². The zero-order valence-corrected chi connectivity index (χ0v) is 10.8. The van der Waals surface area contributed by atoms with Gasteiger partial charge in [0, 0.05) is 6.54 Å². The van der Waals surface area contributed by atoms with Crippen LogP contribution in [0.5, 0.6) is 0 Å². The topological polar surface area (TPSA) is 38.3 Å². The summed E-state index contributed by atoms with van der Waals surface area (Å²) < 4.78 is 41.7. The number of hydrogen-bond donors (Lipinski definition) is 1. The molecule has 0 saturated carbocycles. The minimum Gasteiger partial charge on any atom is -0.468 e. The Morgan fingerprint density at radius 1 is 1.32 bits per heavy atom. The number of esters is 1. The molecule has 1 rings (SSSR count). The molecule has 0 radical (unpaired) electrons. The van der Waals surface area contributed by atoms with Crippen LogP contribution in [0, 0.1) is 0 Å². The second kappa shape index (κ2) is 6.56. The number of hydrogen-bond acceptors (Lipinski definition) is 3. The molecule has 1 unspecified atom stereocenters. The van der Waals surface area contributed by atoms with Gasteiger partial charge in [-0.2, -0.15) is 13.2 Å². The van der Waals surface area contributed by atoms with Crippen LogP contribution in [0.2, 0.25) is 0 Å². The number of nitrogens with one attached hydrogen (secondary N) is 1. The van der Waals surface area contributed by atoms with Crippen LogP contribution in [-0.4, -0.2) is 19.1 Å². The highest BCUT2D eigenvalue weighted by Crippen LogP contribution is 2.29. The molecule has 0 aliphatic rings. The summed E-state index contributed by atoms with van der Waals surface area (Å²) in [7, 11) is 1.30. The van der Waals surface area contributed by atoms with E-state index in [2.05, 4.69) is 10.1 Å². The Kier molecular flexibility index (Phi) is 5.35. The van der Waals surface area contributed by atoms with Gasteiger partial charge in [0.2, 0.25) is 0 Å². The van der Waals surface area contributed by atoms with Crippen molar-refractivity contribution in [1.29, 1.82) is 0 Å². The Hall–Kier alpha value is -1.56. The van der Waals surface area contributed by atoms with Crippen molar-refractivity contribution in [3.05, 3.63) is 35.4 Å². The first-order valence-electron chi connectivity index (χ1n) is 5.85. The molecule has 0 aromatic heterocycles. The fourth-order valence-corrected chi connectivity index (χ4v) is 1.59. The van der Waals surface area contributed by atoms with Crippen molar-refractivity contribution >= 4 is 5.97 Å². The third-order valence-corrected chi connectivity index (χ3v) is 2.73. The summed E-state index contributed by atoms with van der Waals surface area (Å²) in [5, 5.41) is 2.94. The third-order valence-electron chi connectivity index (χ3n) is 2.73. The van der Waals surface area contributed by atoms with Gasteiger partial charge < -0.3 is 10.1 Å². The van der Waals surface area contributed by atoms with Crippen molar-refractivity contribution in [3.8, 4) is 0 Å². The highest BCUT2D eigenvalue weighted by Gasteiger charge is 2.29. The third kappa shape index (κ3) is 4.55. The highest BCUT2D eigenvalue weighted by molar-refractivity contribution is 5.75. The van der Waals surface area contributed by atoms with E-state index in [4.69, 9.17) is 0 Å². The number of halogens is 3. The zero-order valence-electron chi connectivity index (χ0n) is 10.8. The van der Waals surface area contributed by atoms with E-state index >= 15 is 0 Å². The molecule has 1 aromatic carbocycles. The van der Waals surface area contributed by atoms with E-state index in [1.54, 1.807) is 0 Å². The lowest BCUT2D eigenvalue weighted by Gasteiger charge is -2.14. The molecule has 0 bridgehead atoms. The molecule has 106 valence electrons. The molecule has 1 N–H and O–H groups in total. The van der Waals surface area contributed by atoms with E-state index in [0.29, 0.717) is 18.5 Å². The first kappa shape index (κ1) is 15.5. The predicted octanol–water partition coefficient (Wildman–Crippen LogP) is 2.75. The fraction of sp³-hybridized carbons (Fsp3) is 0.462. The van der Waals surface area contributed by atoms with Crippen molar-refractivity contribution < 1.29 is 22.7 Å². The van der Waals surface area contributed by atoms with E-state index in [-0.39, 0.29) is 5.97 Å². The van der Waals surface area contributed by atoms with E-state index < -0.39 is 17.8 Å². The molecular formula is C13H16F3NO2. The standard InChI is InChI=1S/C13H16F3NO2/c1-3-11(12(18)19-2)17-8-9-4-6-10(7-5-9)13(14,15)16/h4-7,11,17H,3,8H2,1-2H3. The molecule has 0 aliphatic heterocycles. The molecule has 0 amide bonds. The number of ether oxygens (including phenoxy) is 1. The fourth-order valence-electron chi connectivity index (χ4n) is 1.59. The minimum atomic E-state index is -4.33. The Morgan fingerprint density at radius 2 is 1.89 bits per heavy atom. The second-order valence-electron chi connectivity index (χ2n) is 4.06. The Morgan fingerprint density at radius 3 is 2.32 bits per heavy atom. The van der Waals surface area contributed by atoms with Crippen molar-refractivity contribution in [2.24, 2.45) is 0 Å². The molecule has 0 saturated heterocycles. The van der Waals surface area contributed by atoms with Crippen LogP contribution < -0.4 is 5.32 Å². The Labute approximate surface area is 109 Å². The molecule has 0 fully saturated rings. The van der Waals surface area contributed by atoms with Gasteiger partial charge in [0.15, 0.2) is 0 Å². The number of rotatable bonds is 5. The predicted molar refractivity (Wildman–Crippen MR) is 64.4 cm³/mol. The van der Waals surface area contributed by atoms with Gasteiger partial charge in [-0.05, 0) is 24.1 Å². The maximum absolute atomic E-state index is 12.4. The number of methoxy groups -OCH3 is 1. The minimum absolute atomic E-state index is 0.311. The maximum Gasteiger partial charge on any atom is 0.416 e. The van der Waals surface area contributed by atoms with Crippen LogP contribution in [0.15, 0.2) is 24.3 Å². The molecule has 0 aliphatic carbocycles. The Balaban J connectivity index is 2.61. The second-order valence-corrected chi connectivity index (χ2v) is 4.06. The first-order valence-corrected chi connectivity index (χ1v) is 5.85. The molecule has 0 heterocycles. The summed E-state index contributed by atoms with van der Waals surface area (Å²) in [6.07, 6.45) is -3.78. The van der Waals surface area contributed by atoms with Crippen LogP contribution in [0.25, 0.3) is 0 Å². The highest BCUT2D eigenvalue weighted by atomic mass is 19.4. The van der Waals surface area contributed by atoms with E-state index in [0.717, 1.165) is 12.1 Å². The van der Waals surface area contributed by atoms with Crippen LogP contribution >= 0.6 is 0 Å². The zero-order chi connectivity index (χ0) is 14.5. The summed E-state index contributed by atoms with van der Waals surface area (Å²) in [4.78, 5) is 11.3. The molecule has 1 atom stereocenters. The van der Waals surface area contributed by atoms with Crippen molar-refractivity contribution in [2.75, 3.05) is 7.11 Å². The summed E-state index contributed by atoms with van der Waals surface area (Å²) in [6, 6.07) is 4.37. The van der Waals surface area contributed by atoms with Gasteiger partial charge in [0.1, 0.15) is 6.04 Å². The lowest BCUT2D eigenvalue weighted by Crippen LogP contribution is -2.36. The largest absolute Gasteiger partial charge is 0.468 e. The quantitative estimate of drug-likeness (QED) is 0.840. The van der Waals surface area contributed by atoms with E-state index in [9.17, 15) is 18.0 Å². The summed E-state index contributed by atoms with van der Waals surface area (Å²) in [6.45, 7) is 2.13. The Bertz CT molecular complexity index is 415. The smallest absolute Gasteiger partial charge is 0.416 e. The van der Waals surface area contributed by atoms with Gasteiger partial charge in [-0.25, -0.2) is 0 Å². The van der Waals surface area contributed by atoms with Crippen molar-refractivity contribution in [3.63, 3.8) is 0 Å². The number of alkyl halides is 3.